The van der Waals surface area contributed by atoms with Gasteiger partial charge in [0.15, 0.2) is 0 Å². The molecule has 1 amide bonds. The summed E-state index contributed by atoms with van der Waals surface area (Å²) < 4.78 is 34.1. The molecule has 7 heteroatoms. The van der Waals surface area contributed by atoms with Crippen molar-refractivity contribution in [1.29, 1.82) is 0 Å². The number of rotatable bonds is 12. The van der Waals surface area contributed by atoms with Crippen molar-refractivity contribution in [2.45, 2.75) is 50.5 Å². The van der Waals surface area contributed by atoms with Crippen LogP contribution in [0.5, 0.6) is 5.75 Å². The van der Waals surface area contributed by atoms with Crippen LogP contribution in [0.3, 0.4) is 0 Å². The molecule has 0 aliphatic carbocycles. The highest BCUT2D eigenvalue weighted by molar-refractivity contribution is 7.89. The number of aryl methyl sites for hydroxylation is 1. The first-order valence-electron chi connectivity index (χ1n) is 11.6. The zero-order valence-corrected chi connectivity index (χ0v) is 20.5. The van der Waals surface area contributed by atoms with Crippen molar-refractivity contribution in [2.24, 2.45) is 0 Å². The Bertz CT molecular complexity index is 1150. The van der Waals surface area contributed by atoms with Crippen LogP contribution in [-0.2, 0) is 27.7 Å². The van der Waals surface area contributed by atoms with Crippen LogP contribution >= 0.6 is 0 Å². The van der Waals surface area contributed by atoms with Gasteiger partial charge < -0.3 is 10.1 Å². The fourth-order valence-corrected chi connectivity index (χ4v) is 4.74. The molecule has 34 heavy (non-hydrogen) atoms. The van der Waals surface area contributed by atoms with Gasteiger partial charge in [0, 0.05) is 5.69 Å². The van der Waals surface area contributed by atoms with Crippen LogP contribution in [0.15, 0.2) is 83.8 Å². The average molecular weight is 481 g/mol. The second-order valence-corrected chi connectivity index (χ2v) is 9.77. The Labute approximate surface area is 202 Å². The quantitative estimate of drug-likeness (QED) is 0.384. The van der Waals surface area contributed by atoms with Gasteiger partial charge in [0.25, 0.3) is 0 Å². The van der Waals surface area contributed by atoms with Gasteiger partial charge in [0.1, 0.15) is 11.8 Å². The third-order valence-corrected chi connectivity index (χ3v) is 6.87. The molecule has 0 aliphatic rings. The van der Waals surface area contributed by atoms with Gasteiger partial charge >= 0.3 is 0 Å². The minimum atomic E-state index is -3.93. The summed E-state index contributed by atoms with van der Waals surface area (Å²) in [5.74, 6) is 0.169. The van der Waals surface area contributed by atoms with Crippen LogP contribution in [0, 0.1) is 0 Å². The zero-order valence-electron chi connectivity index (χ0n) is 19.7. The highest BCUT2D eigenvalue weighted by Gasteiger charge is 2.26. The van der Waals surface area contributed by atoms with Gasteiger partial charge in [-0.1, -0.05) is 55.8 Å². The first-order chi connectivity index (χ1) is 16.4. The van der Waals surface area contributed by atoms with Crippen molar-refractivity contribution in [1.82, 2.24) is 4.72 Å². The SMILES string of the molecule is CCCCc1ccc(NC(=O)[C@H](Cc2ccccc2)NS(=O)(=O)c2ccc(OCC)cc2)cc1. The Morgan fingerprint density at radius 3 is 2.18 bits per heavy atom. The molecule has 0 radical (unpaired) electrons. The van der Waals surface area contributed by atoms with Gasteiger partial charge in [-0.25, -0.2) is 8.42 Å². The number of benzene rings is 3. The standard InChI is InChI=1S/C27H32N2O4S/c1-3-5-9-21-12-14-23(15-13-21)28-27(30)26(20-22-10-7-6-8-11-22)29-34(31,32)25-18-16-24(17-19-25)33-4-2/h6-8,10-19,26,29H,3-5,9,20H2,1-2H3,(H,28,30)/t26-/m0/s1. The van der Waals surface area contributed by atoms with Crippen molar-refractivity contribution in [3.63, 3.8) is 0 Å². The number of ether oxygens (including phenoxy) is 1. The average Bonchev–Trinajstić information content (AvgIpc) is 2.84. The molecule has 0 unspecified atom stereocenters. The molecule has 3 aromatic carbocycles. The molecule has 3 aromatic rings. The number of hydrogen-bond donors (Lipinski definition) is 2. The number of carbonyl (C=O) groups excluding carboxylic acids is 1. The molecule has 0 spiro atoms. The number of unbranched alkanes of at least 4 members (excludes halogenated alkanes) is 1. The van der Waals surface area contributed by atoms with Gasteiger partial charge in [-0.15, -0.1) is 0 Å². The molecule has 0 saturated heterocycles. The predicted molar refractivity (Wildman–Crippen MR) is 136 cm³/mol. The van der Waals surface area contributed by atoms with E-state index < -0.39 is 22.0 Å². The molecular formula is C27H32N2O4S. The van der Waals surface area contributed by atoms with E-state index in [1.165, 1.54) is 17.7 Å². The van der Waals surface area contributed by atoms with Crippen molar-refractivity contribution in [2.75, 3.05) is 11.9 Å². The van der Waals surface area contributed by atoms with E-state index in [4.69, 9.17) is 4.74 Å². The van der Waals surface area contributed by atoms with Gasteiger partial charge in [-0.3, -0.25) is 4.79 Å². The smallest absolute Gasteiger partial charge is 0.242 e. The molecule has 180 valence electrons. The molecule has 0 bridgehead atoms. The summed E-state index contributed by atoms with van der Waals surface area (Å²) in [5, 5.41) is 2.86. The largest absolute Gasteiger partial charge is 0.494 e. The normalized spacial score (nSPS) is 12.2. The number of sulfonamides is 1. The summed E-state index contributed by atoms with van der Waals surface area (Å²) in [6.45, 7) is 4.50. The lowest BCUT2D eigenvalue weighted by atomic mass is 10.1. The van der Waals surface area contributed by atoms with Crippen LogP contribution in [0.1, 0.15) is 37.8 Å². The number of hydrogen-bond acceptors (Lipinski definition) is 4. The Morgan fingerprint density at radius 1 is 0.882 bits per heavy atom. The van der Waals surface area contributed by atoms with Crippen molar-refractivity contribution >= 4 is 21.6 Å². The summed E-state index contributed by atoms with van der Waals surface area (Å²) in [6, 6.07) is 22.2. The van der Waals surface area contributed by atoms with Crippen molar-refractivity contribution in [3.8, 4) is 5.75 Å². The second kappa shape index (κ2) is 12.3. The van der Waals surface area contributed by atoms with Gasteiger partial charge in [0.05, 0.1) is 11.5 Å². The first-order valence-corrected chi connectivity index (χ1v) is 13.1. The van der Waals surface area contributed by atoms with Crippen LogP contribution in [-0.4, -0.2) is 27.0 Å². The molecule has 2 N–H and O–H groups in total. The summed E-state index contributed by atoms with van der Waals surface area (Å²) in [5.41, 5.74) is 2.69. The van der Waals surface area contributed by atoms with Crippen LogP contribution < -0.4 is 14.8 Å². The molecule has 6 nitrogen and oxygen atoms in total. The molecule has 0 fully saturated rings. The lowest BCUT2D eigenvalue weighted by Gasteiger charge is -2.19. The van der Waals surface area contributed by atoms with E-state index >= 15 is 0 Å². The Hall–Kier alpha value is -3.16. The maximum Gasteiger partial charge on any atom is 0.242 e. The highest BCUT2D eigenvalue weighted by Crippen LogP contribution is 2.18. The molecular weight excluding hydrogens is 448 g/mol. The minimum absolute atomic E-state index is 0.0714. The third-order valence-electron chi connectivity index (χ3n) is 5.38. The van der Waals surface area contributed by atoms with Gasteiger partial charge in [0.2, 0.25) is 15.9 Å². The number of anilines is 1. The Balaban J connectivity index is 1.78. The van der Waals surface area contributed by atoms with Crippen LogP contribution in [0.25, 0.3) is 0 Å². The minimum Gasteiger partial charge on any atom is -0.494 e. The third kappa shape index (κ3) is 7.43. The van der Waals surface area contributed by atoms with Gasteiger partial charge in [-0.2, -0.15) is 4.72 Å². The van der Waals surface area contributed by atoms with E-state index in [2.05, 4.69) is 17.0 Å². The lowest BCUT2D eigenvalue weighted by molar-refractivity contribution is -0.117. The van der Waals surface area contributed by atoms with E-state index in [1.54, 1.807) is 12.1 Å². The topological polar surface area (TPSA) is 84.5 Å². The van der Waals surface area contributed by atoms with E-state index in [0.29, 0.717) is 18.0 Å². The molecule has 3 rings (SSSR count). The number of carbonyl (C=O) groups is 1. The number of nitrogens with one attached hydrogen (secondary N) is 2. The Kier molecular flexibility index (Phi) is 9.24. The molecule has 1 atom stereocenters. The maximum absolute atomic E-state index is 13.2. The van der Waals surface area contributed by atoms with Crippen LogP contribution in [0.2, 0.25) is 0 Å². The zero-order chi connectivity index (χ0) is 24.4. The van der Waals surface area contributed by atoms with Crippen molar-refractivity contribution in [3.05, 3.63) is 90.0 Å². The van der Waals surface area contributed by atoms with Crippen LogP contribution in [0.4, 0.5) is 5.69 Å². The van der Waals surface area contributed by atoms with Crippen molar-refractivity contribution < 1.29 is 17.9 Å². The summed E-state index contributed by atoms with van der Waals surface area (Å²) >= 11 is 0. The first kappa shape index (κ1) is 25.5. The van der Waals surface area contributed by atoms with E-state index in [-0.39, 0.29) is 11.3 Å². The maximum atomic E-state index is 13.2. The van der Waals surface area contributed by atoms with Gasteiger partial charge in [-0.05, 0) is 73.7 Å². The molecule has 0 aromatic heterocycles. The van der Waals surface area contributed by atoms with E-state index in [9.17, 15) is 13.2 Å². The molecule has 0 saturated carbocycles. The molecule has 0 heterocycles. The molecule has 0 aliphatic heterocycles. The summed E-state index contributed by atoms with van der Waals surface area (Å²) in [7, 11) is -3.93. The fraction of sp³-hybridized carbons (Fsp3) is 0.296. The number of amides is 1. The Morgan fingerprint density at radius 2 is 1.56 bits per heavy atom. The van der Waals surface area contributed by atoms with E-state index in [1.807, 2.05) is 61.5 Å². The fourth-order valence-electron chi connectivity index (χ4n) is 3.54. The second-order valence-electron chi connectivity index (χ2n) is 8.06. The lowest BCUT2D eigenvalue weighted by Crippen LogP contribution is -2.45. The summed E-state index contributed by atoms with van der Waals surface area (Å²) in [6.07, 6.45) is 3.44. The predicted octanol–water partition coefficient (Wildman–Crippen LogP) is 4.96. The monoisotopic (exact) mass is 480 g/mol. The van der Waals surface area contributed by atoms with E-state index in [0.717, 1.165) is 24.8 Å². The summed E-state index contributed by atoms with van der Waals surface area (Å²) in [4.78, 5) is 13.2. The highest BCUT2D eigenvalue weighted by atomic mass is 32.2.